The molecule has 0 bridgehead atoms. The lowest BCUT2D eigenvalue weighted by atomic mass is 9.81. The number of hydrogen-bond acceptors (Lipinski definition) is 0. The Kier molecular flexibility index (Phi) is 2.56. The van der Waals surface area contributed by atoms with Gasteiger partial charge >= 0.3 is 0 Å². The molecule has 0 saturated heterocycles. The minimum atomic E-state index is 0.922. The first-order chi connectivity index (χ1) is 4.29. The van der Waals surface area contributed by atoms with Gasteiger partial charge in [0, 0.05) is 0 Å². The van der Waals surface area contributed by atoms with Crippen LogP contribution >= 0.6 is 0 Å². The fraction of sp³-hybridized carbons (Fsp3) is 1.00. The fourth-order valence-corrected chi connectivity index (χ4v) is 1.35. The van der Waals surface area contributed by atoms with Gasteiger partial charge in [-0.3, -0.25) is 0 Å². The molecule has 0 aromatic rings. The van der Waals surface area contributed by atoms with Crippen LogP contribution in [0.5, 0.6) is 0 Å². The summed E-state index contributed by atoms with van der Waals surface area (Å²) in [7, 11) is 0. The van der Waals surface area contributed by atoms with Gasteiger partial charge in [0.2, 0.25) is 0 Å². The molecule has 0 heteroatoms. The van der Waals surface area contributed by atoms with Crippen LogP contribution in [0.15, 0.2) is 0 Å². The van der Waals surface area contributed by atoms with Crippen molar-refractivity contribution in [3.8, 4) is 0 Å². The molecular weight excluding hydrogens is 108 g/mol. The van der Waals surface area contributed by atoms with Gasteiger partial charge in [-0.1, -0.05) is 46.0 Å². The van der Waals surface area contributed by atoms with Crippen molar-refractivity contribution in [1.29, 1.82) is 0 Å². The second kappa shape index (κ2) is 3.24. The third kappa shape index (κ3) is 2.38. The third-order valence-corrected chi connectivity index (χ3v) is 2.38. The van der Waals surface area contributed by atoms with Crippen LogP contribution in [0.4, 0.5) is 0 Å². The summed E-state index contributed by atoms with van der Waals surface area (Å²) < 4.78 is 0. The van der Waals surface area contributed by atoms with E-state index in [4.69, 9.17) is 0 Å². The zero-order valence-corrected chi connectivity index (χ0v) is 6.69. The zero-order chi connectivity index (χ0) is 6.69. The van der Waals surface area contributed by atoms with Crippen molar-refractivity contribution in [1.82, 2.24) is 0 Å². The van der Waals surface area contributed by atoms with Crippen LogP contribution in [0, 0.1) is 11.8 Å². The second-order valence-electron chi connectivity index (χ2n) is 3.77. The van der Waals surface area contributed by atoms with E-state index >= 15 is 0 Å². The van der Waals surface area contributed by atoms with E-state index in [2.05, 4.69) is 13.8 Å². The Morgan fingerprint density at radius 3 is 2.33 bits per heavy atom. The number of hydrogen-bond donors (Lipinski definition) is 0. The van der Waals surface area contributed by atoms with E-state index < -0.39 is 0 Å². The minimum Gasteiger partial charge on any atom is -0.0628 e. The molecule has 0 spiro atoms. The van der Waals surface area contributed by atoms with Crippen LogP contribution in [-0.4, -0.2) is 0 Å². The highest BCUT2D eigenvalue weighted by atomic mass is 14.2. The molecule has 1 aliphatic carbocycles. The van der Waals surface area contributed by atoms with Gasteiger partial charge in [0.05, 0.1) is 0 Å². The van der Waals surface area contributed by atoms with Crippen molar-refractivity contribution in [3.63, 3.8) is 0 Å². The molecule has 0 N–H and O–H groups in total. The van der Waals surface area contributed by atoms with Crippen molar-refractivity contribution in [3.05, 3.63) is 0 Å². The molecule has 0 aromatic heterocycles. The van der Waals surface area contributed by atoms with Gasteiger partial charge in [0.15, 0.2) is 0 Å². The van der Waals surface area contributed by atoms with Crippen molar-refractivity contribution in [2.24, 2.45) is 11.8 Å². The summed E-state index contributed by atoms with van der Waals surface area (Å²) in [6.45, 7) is 4.64. The summed E-state index contributed by atoms with van der Waals surface area (Å²) in [5, 5.41) is 0. The summed E-state index contributed by atoms with van der Waals surface area (Å²) in [5.41, 5.74) is 0. The smallest absolute Gasteiger partial charge is 0.0414 e. The Bertz CT molecular complexity index is 70.1. The Hall–Kier alpha value is 0. The van der Waals surface area contributed by atoms with Gasteiger partial charge < -0.3 is 0 Å². The van der Waals surface area contributed by atoms with Crippen molar-refractivity contribution in [2.75, 3.05) is 0 Å². The van der Waals surface area contributed by atoms with Crippen LogP contribution in [-0.2, 0) is 0 Å². The van der Waals surface area contributed by atoms with Gasteiger partial charge in [-0.05, 0) is 11.8 Å². The molecule has 1 aliphatic rings. The topological polar surface area (TPSA) is 0 Å². The minimum absolute atomic E-state index is 0.922. The van der Waals surface area contributed by atoms with E-state index in [0.717, 1.165) is 11.8 Å². The first-order valence-electron chi connectivity index (χ1n) is 4.29. The first-order valence-corrected chi connectivity index (χ1v) is 4.29. The lowest BCUT2D eigenvalue weighted by molar-refractivity contribution is 0.277. The van der Waals surface area contributed by atoms with Gasteiger partial charge in [0.1, 0.15) is 0 Å². The average molecular weight is 126 g/mol. The molecule has 0 aromatic carbocycles. The second-order valence-corrected chi connectivity index (χ2v) is 3.77. The normalized spacial score (nSPS) is 20.3. The summed E-state index contributed by atoms with van der Waals surface area (Å²) in [6, 6.07) is 0. The predicted molar refractivity (Wildman–Crippen MR) is 41.4 cm³/mol. The Labute approximate surface area is 58.7 Å². The molecule has 0 radical (unpaired) electrons. The summed E-state index contributed by atoms with van der Waals surface area (Å²) in [6.07, 6.45) is 7.49. The average Bonchev–Trinajstić information content (AvgIpc) is 1.60. The van der Waals surface area contributed by atoms with Crippen LogP contribution in [0.3, 0.4) is 0 Å². The van der Waals surface area contributed by atoms with E-state index in [0.29, 0.717) is 0 Å². The molecule has 0 unspecified atom stereocenters. The maximum Gasteiger partial charge on any atom is -0.0414 e. The fourth-order valence-electron chi connectivity index (χ4n) is 1.35. The Morgan fingerprint density at radius 1 is 1.33 bits per heavy atom. The van der Waals surface area contributed by atoms with Gasteiger partial charge in [-0.15, -0.1) is 0 Å². The largest absolute Gasteiger partial charge is 0.0628 e. The van der Waals surface area contributed by atoms with Gasteiger partial charge in [-0.2, -0.15) is 0 Å². The maximum atomic E-state index is 2.32. The Morgan fingerprint density at radius 2 is 2.00 bits per heavy atom. The Balaban J connectivity index is 1.91. The molecule has 0 atom stereocenters. The van der Waals surface area contributed by atoms with E-state index in [1.807, 2.05) is 0 Å². The van der Waals surface area contributed by atoms with Crippen LogP contribution in [0.25, 0.3) is 0 Å². The summed E-state index contributed by atoms with van der Waals surface area (Å²) >= 11 is 0. The monoisotopic (exact) mass is 126 g/mol. The van der Waals surface area contributed by atoms with Gasteiger partial charge in [-0.25, -0.2) is 0 Å². The summed E-state index contributed by atoms with van der Waals surface area (Å²) in [4.78, 5) is 0. The molecule has 1 fully saturated rings. The quantitative estimate of drug-likeness (QED) is 0.544. The van der Waals surface area contributed by atoms with E-state index in [-0.39, 0.29) is 0 Å². The maximum absolute atomic E-state index is 2.32. The van der Waals surface area contributed by atoms with Crippen molar-refractivity contribution in [2.45, 2.75) is 46.0 Å². The molecule has 0 nitrogen and oxygen atoms in total. The SMILES string of the molecule is CC(C)CCC1CCC1. The highest BCUT2D eigenvalue weighted by Crippen LogP contribution is 2.31. The highest BCUT2D eigenvalue weighted by molar-refractivity contribution is 4.69. The van der Waals surface area contributed by atoms with E-state index in [1.165, 1.54) is 32.1 Å². The van der Waals surface area contributed by atoms with Crippen molar-refractivity contribution >= 4 is 0 Å². The predicted octanol–water partition coefficient (Wildman–Crippen LogP) is 3.22. The molecule has 1 rings (SSSR count). The van der Waals surface area contributed by atoms with E-state index in [9.17, 15) is 0 Å². The molecule has 0 amide bonds. The summed E-state index contributed by atoms with van der Waals surface area (Å²) in [5.74, 6) is 2.04. The third-order valence-electron chi connectivity index (χ3n) is 2.38. The van der Waals surface area contributed by atoms with Crippen LogP contribution in [0.1, 0.15) is 46.0 Å². The highest BCUT2D eigenvalue weighted by Gasteiger charge is 2.16. The van der Waals surface area contributed by atoms with Crippen LogP contribution in [0.2, 0.25) is 0 Å². The number of rotatable bonds is 3. The van der Waals surface area contributed by atoms with Gasteiger partial charge in [0.25, 0.3) is 0 Å². The molecule has 0 aliphatic heterocycles. The molecule has 1 saturated carbocycles. The molecule has 0 heterocycles. The lowest BCUT2D eigenvalue weighted by Crippen LogP contribution is -2.11. The molecule has 9 heavy (non-hydrogen) atoms. The van der Waals surface area contributed by atoms with Crippen molar-refractivity contribution < 1.29 is 0 Å². The van der Waals surface area contributed by atoms with E-state index in [1.54, 1.807) is 0 Å². The molecular formula is C9H18. The lowest BCUT2D eigenvalue weighted by Gasteiger charge is -2.25. The molecule has 54 valence electrons. The first kappa shape index (κ1) is 7.11. The zero-order valence-electron chi connectivity index (χ0n) is 6.69. The standard InChI is InChI=1S/C9H18/c1-8(2)6-7-9-4-3-5-9/h8-9H,3-7H2,1-2H3. The van der Waals surface area contributed by atoms with Crippen LogP contribution < -0.4 is 0 Å².